The van der Waals surface area contributed by atoms with Gasteiger partial charge >= 0.3 is 0 Å². The monoisotopic (exact) mass is 379 g/mol. The molecule has 142 valence electrons. The highest BCUT2D eigenvalue weighted by molar-refractivity contribution is 7.89. The van der Waals surface area contributed by atoms with Crippen molar-refractivity contribution < 1.29 is 18.0 Å². The third-order valence-corrected chi connectivity index (χ3v) is 7.03. The van der Waals surface area contributed by atoms with Gasteiger partial charge in [0.05, 0.1) is 4.90 Å². The van der Waals surface area contributed by atoms with Crippen molar-refractivity contribution in [3.8, 4) is 0 Å². The summed E-state index contributed by atoms with van der Waals surface area (Å²) in [6, 6.07) is 5.24. The van der Waals surface area contributed by atoms with Gasteiger partial charge in [0.25, 0.3) is 5.91 Å². The minimum Gasteiger partial charge on any atom is -0.355 e. The number of hydrogen-bond donors (Lipinski definition) is 1. The SMILES string of the molecule is CNC(=O)c1ccc(S(=O)(=O)N2CCCC[C@H]2C(=O)N2CCCC2)cc1. The summed E-state index contributed by atoms with van der Waals surface area (Å²) in [4.78, 5) is 26.4. The minimum absolute atomic E-state index is 0.0762. The van der Waals surface area contributed by atoms with Crippen molar-refractivity contribution in [1.29, 1.82) is 0 Å². The second-order valence-corrected chi connectivity index (χ2v) is 8.65. The number of sulfonamides is 1. The minimum atomic E-state index is -3.78. The van der Waals surface area contributed by atoms with Crippen LogP contribution in [0.4, 0.5) is 0 Å². The predicted octanol–water partition coefficient (Wildman–Crippen LogP) is 1.21. The molecule has 8 heteroatoms. The van der Waals surface area contributed by atoms with Crippen LogP contribution in [-0.2, 0) is 14.8 Å². The smallest absolute Gasteiger partial charge is 0.251 e. The summed E-state index contributed by atoms with van der Waals surface area (Å²) in [5.41, 5.74) is 0.398. The molecule has 2 fully saturated rings. The Bertz CT molecular complexity index is 770. The fourth-order valence-corrected chi connectivity index (χ4v) is 5.30. The van der Waals surface area contributed by atoms with E-state index < -0.39 is 16.1 Å². The second-order valence-electron chi connectivity index (χ2n) is 6.76. The first-order chi connectivity index (χ1) is 12.4. The van der Waals surface area contributed by atoms with Crippen LogP contribution < -0.4 is 5.32 Å². The van der Waals surface area contributed by atoms with Crippen molar-refractivity contribution in [2.24, 2.45) is 0 Å². The molecule has 1 aromatic carbocycles. The Kier molecular flexibility index (Phi) is 5.62. The number of amides is 2. The van der Waals surface area contributed by atoms with Crippen LogP contribution in [0, 0.1) is 0 Å². The fraction of sp³-hybridized carbons (Fsp3) is 0.556. The maximum absolute atomic E-state index is 13.1. The average Bonchev–Trinajstić information content (AvgIpc) is 3.21. The quantitative estimate of drug-likeness (QED) is 0.852. The van der Waals surface area contributed by atoms with E-state index in [9.17, 15) is 18.0 Å². The first-order valence-electron chi connectivity index (χ1n) is 9.08. The van der Waals surface area contributed by atoms with Crippen LogP contribution in [0.3, 0.4) is 0 Å². The van der Waals surface area contributed by atoms with Crippen LogP contribution >= 0.6 is 0 Å². The summed E-state index contributed by atoms with van der Waals surface area (Å²) < 4.78 is 27.6. The molecule has 0 aliphatic carbocycles. The fourth-order valence-electron chi connectivity index (χ4n) is 3.65. The highest BCUT2D eigenvalue weighted by atomic mass is 32.2. The molecule has 0 bridgehead atoms. The molecule has 1 N–H and O–H groups in total. The number of piperidine rings is 1. The van der Waals surface area contributed by atoms with Gasteiger partial charge in [0.15, 0.2) is 0 Å². The Balaban J connectivity index is 1.85. The lowest BCUT2D eigenvalue weighted by Gasteiger charge is -2.35. The van der Waals surface area contributed by atoms with Crippen LogP contribution in [0.5, 0.6) is 0 Å². The Morgan fingerprint density at radius 1 is 1.00 bits per heavy atom. The molecule has 2 heterocycles. The number of hydrogen-bond acceptors (Lipinski definition) is 4. The van der Waals surface area contributed by atoms with Crippen LogP contribution in [-0.4, -0.2) is 62.2 Å². The number of benzene rings is 1. The summed E-state index contributed by atoms with van der Waals surface area (Å²) in [6.07, 6.45) is 4.12. The van der Waals surface area contributed by atoms with Crippen molar-refractivity contribution in [1.82, 2.24) is 14.5 Å². The summed E-state index contributed by atoms with van der Waals surface area (Å²) in [7, 11) is -2.26. The standard InChI is InChI=1S/C18H25N3O4S/c1-19-17(22)14-7-9-15(10-8-14)26(24,25)21-13-3-2-6-16(21)18(23)20-11-4-5-12-20/h7-10,16H,2-6,11-13H2,1H3,(H,19,22)/t16-/m0/s1. The van der Waals surface area contributed by atoms with Gasteiger partial charge in [0, 0.05) is 32.2 Å². The Labute approximate surface area is 154 Å². The highest BCUT2D eigenvalue weighted by Crippen LogP contribution is 2.27. The largest absolute Gasteiger partial charge is 0.355 e. The number of rotatable bonds is 4. The van der Waals surface area contributed by atoms with Gasteiger partial charge < -0.3 is 10.2 Å². The van der Waals surface area contributed by atoms with Gasteiger partial charge in [-0.1, -0.05) is 6.42 Å². The maximum Gasteiger partial charge on any atom is 0.251 e. The molecule has 1 aromatic rings. The van der Waals surface area contributed by atoms with E-state index in [1.807, 2.05) is 0 Å². The molecule has 3 rings (SSSR count). The number of carbonyl (C=O) groups is 2. The van der Waals surface area contributed by atoms with Crippen LogP contribution in [0.15, 0.2) is 29.2 Å². The number of nitrogens with one attached hydrogen (secondary N) is 1. The first kappa shape index (κ1) is 18.8. The zero-order valence-corrected chi connectivity index (χ0v) is 15.8. The van der Waals surface area contributed by atoms with Gasteiger partial charge in [0.2, 0.25) is 15.9 Å². The molecule has 0 unspecified atom stereocenters. The van der Waals surface area contributed by atoms with E-state index in [-0.39, 0.29) is 16.7 Å². The van der Waals surface area contributed by atoms with Gasteiger partial charge in [-0.3, -0.25) is 9.59 Å². The summed E-state index contributed by atoms with van der Waals surface area (Å²) in [5, 5.41) is 2.51. The molecule has 0 saturated carbocycles. The number of likely N-dealkylation sites (tertiary alicyclic amines) is 1. The molecule has 2 amide bonds. The van der Waals surface area contributed by atoms with E-state index in [4.69, 9.17) is 0 Å². The normalized spacial score (nSPS) is 21.6. The van der Waals surface area contributed by atoms with Crippen LogP contribution in [0.1, 0.15) is 42.5 Å². The van der Waals surface area contributed by atoms with E-state index in [2.05, 4.69) is 5.32 Å². The molecular formula is C18H25N3O4S. The molecule has 26 heavy (non-hydrogen) atoms. The third-order valence-electron chi connectivity index (χ3n) is 5.11. The Morgan fingerprint density at radius 2 is 1.62 bits per heavy atom. The van der Waals surface area contributed by atoms with Crippen molar-refractivity contribution in [2.45, 2.75) is 43.0 Å². The van der Waals surface area contributed by atoms with E-state index in [1.165, 1.54) is 35.6 Å². The summed E-state index contributed by atoms with van der Waals surface area (Å²) in [5.74, 6) is -0.346. The molecule has 0 aromatic heterocycles. The van der Waals surface area contributed by atoms with Crippen molar-refractivity contribution >= 4 is 21.8 Å². The molecular weight excluding hydrogens is 354 g/mol. The molecule has 2 saturated heterocycles. The van der Waals surface area contributed by atoms with Crippen molar-refractivity contribution in [3.05, 3.63) is 29.8 Å². The van der Waals surface area contributed by atoms with Crippen molar-refractivity contribution in [3.63, 3.8) is 0 Å². The van der Waals surface area contributed by atoms with Gasteiger partial charge in [-0.25, -0.2) is 8.42 Å². The van der Waals surface area contributed by atoms with Gasteiger partial charge in [0.1, 0.15) is 6.04 Å². The third kappa shape index (κ3) is 3.61. The van der Waals surface area contributed by atoms with Crippen molar-refractivity contribution in [2.75, 3.05) is 26.7 Å². The highest BCUT2D eigenvalue weighted by Gasteiger charge is 2.39. The molecule has 0 spiro atoms. The topological polar surface area (TPSA) is 86.8 Å². The van der Waals surface area contributed by atoms with Crippen LogP contribution in [0.25, 0.3) is 0 Å². The number of nitrogens with zero attached hydrogens (tertiary/aromatic N) is 2. The van der Waals surface area contributed by atoms with E-state index in [0.29, 0.717) is 31.6 Å². The summed E-state index contributed by atoms with van der Waals surface area (Å²) in [6.45, 7) is 1.78. The predicted molar refractivity (Wildman–Crippen MR) is 97.2 cm³/mol. The Hall–Kier alpha value is -1.93. The lowest BCUT2D eigenvalue weighted by molar-refractivity contribution is -0.135. The molecule has 2 aliphatic heterocycles. The zero-order valence-electron chi connectivity index (χ0n) is 15.0. The van der Waals surface area contributed by atoms with Crippen LogP contribution in [0.2, 0.25) is 0 Å². The lowest BCUT2D eigenvalue weighted by atomic mass is 10.0. The van der Waals surface area contributed by atoms with Gasteiger partial charge in [-0.15, -0.1) is 0 Å². The Morgan fingerprint density at radius 3 is 2.23 bits per heavy atom. The molecule has 0 radical (unpaired) electrons. The van der Waals surface area contributed by atoms with Gasteiger partial charge in [-0.05, 0) is 49.9 Å². The van der Waals surface area contributed by atoms with E-state index in [1.54, 1.807) is 4.90 Å². The average molecular weight is 379 g/mol. The summed E-state index contributed by atoms with van der Waals surface area (Å²) >= 11 is 0. The zero-order chi connectivity index (χ0) is 18.7. The van der Waals surface area contributed by atoms with E-state index in [0.717, 1.165) is 25.7 Å². The van der Waals surface area contributed by atoms with Gasteiger partial charge in [-0.2, -0.15) is 4.31 Å². The lowest BCUT2D eigenvalue weighted by Crippen LogP contribution is -2.52. The molecule has 2 aliphatic rings. The maximum atomic E-state index is 13.1. The van der Waals surface area contributed by atoms with E-state index >= 15 is 0 Å². The number of carbonyl (C=O) groups excluding carboxylic acids is 2. The molecule has 1 atom stereocenters. The first-order valence-corrected chi connectivity index (χ1v) is 10.5. The molecule has 7 nitrogen and oxygen atoms in total. The second kappa shape index (κ2) is 7.75.